The van der Waals surface area contributed by atoms with E-state index in [1.807, 2.05) is 13.2 Å². The van der Waals surface area contributed by atoms with Crippen LogP contribution in [0.4, 0.5) is 0 Å². The minimum absolute atomic E-state index is 0.267. The molecule has 2 unspecified atom stereocenters. The van der Waals surface area contributed by atoms with Gasteiger partial charge in [-0.3, -0.25) is 9.48 Å². The number of aryl methyl sites for hydroxylation is 1. The number of hydrogen-bond donors (Lipinski definition) is 0. The van der Waals surface area contributed by atoms with Gasteiger partial charge in [0.15, 0.2) is 0 Å². The molecule has 1 amide bonds. The highest BCUT2D eigenvalue weighted by molar-refractivity contribution is 5.79. The van der Waals surface area contributed by atoms with Gasteiger partial charge in [0.05, 0.1) is 12.6 Å². The molecule has 1 aromatic rings. The second-order valence-electron chi connectivity index (χ2n) is 5.61. The zero-order valence-electron chi connectivity index (χ0n) is 11.0. The Balaban J connectivity index is 1.70. The van der Waals surface area contributed by atoms with Crippen molar-refractivity contribution in [1.82, 2.24) is 19.6 Å². The number of hydrogen-bond acceptors (Lipinski definition) is 3. The second kappa shape index (κ2) is 4.39. The summed E-state index contributed by atoms with van der Waals surface area (Å²) >= 11 is 0. The standard InChI is InChI=1S/C13H20N4O/c1-15-8-11-3-4-12(9-15)17(11)13(18)5-10-6-14-16(2)7-10/h6-7,11-12H,3-5,8-9H2,1-2H3. The van der Waals surface area contributed by atoms with Gasteiger partial charge in [0, 0.05) is 38.4 Å². The van der Waals surface area contributed by atoms with Crippen LogP contribution in [0.15, 0.2) is 12.4 Å². The van der Waals surface area contributed by atoms with E-state index in [4.69, 9.17) is 0 Å². The van der Waals surface area contributed by atoms with Crippen molar-refractivity contribution < 1.29 is 4.79 Å². The highest BCUT2D eigenvalue weighted by Crippen LogP contribution is 2.30. The summed E-state index contributed by atoms with van der Waals surface area (Å²) in [6.07, 6.45) is 6.53. The van der Waals surface area contributed by atoms with Gasteiger partial charge < -0.3 is 9.80 Å². The number of nitrogens with zero attached hydrogens (tertiary/aromatic N) is 4. The van der Waals surface area contributed by atoms with Crippen molar-refractivity contribution in [2.75, 3.05) is 20.1 Å². The van der Waals surface area contributed by atoms with E-state index in [0.29, 0.717) is 18.5 Å². The fourth-order valence-corrected chi connectivity index (χ4v) is 3.35. The van der Waals surface area contributed by atoms with Crippen LogP contribution in [0.25, 0.3) is 0 Å². The minimum atomic E-state index is 0.267. The monoisotopic (exact) mass is 248 g/mol. The van der Waals surface area contributed by atoms with E-state index in [1.54, 1.807) is 10.9 Å². The lowest BCUT2D eigenvalue weighted by Gasteiger charge is -2.39. The van der Waals surface area contributed by atoms with Gasteiger partial charge >= 0.3 is 0 Å². The molecule has 2 bridgehead atoms. The summed E-state index contributed by atoms with van der Waals surface area (Å²) in [4.78, 5) is 16.9. The number of carbonyl (C=O) groups excluding carboxylic acids is 1. The van der Waals surface area contributed by atoms with Gasteiger partial charge in [0.25, 0.3) is 0 Å². The molecule has 2 aliphatic rings. The fourth-order valence-electron chi connectivity index (χ4n) is 3.35. The van der Waals surface area contributed by atoms with Crippen molar-refractivity contribution in [3.63, 3.8) is 0 Å². The quantitative estimate of drug-likeness (QED) is 0.754. The van der Waals surface area contributed by atoms with Gasteiger partial charge in [-0.05, 0) is 25.5 Å². The SMILES string of the molecule is CN1CC2CCC(C1)N2C(=O)Cc1cnn(C)c1. The van der Waals surface area contributed by atoms with Crippen LogP contribution in [0.1, 0.15) is 18.4 Å². The van der Waals surface area contributed by atoms with Crippen molar-refractivity contribution in [3.05, 3.63) is 18.0 Å². The Morgan fingerprint density at radius 3 is 2.56 bits per heavy atom. The zero-order valence-corrected chi connectivity index (χ0v) is 11.0. The number of likely N-dealkylation sites (N-methyl/N-ethyl adjacent to an activating group) is 1. The summed E-state index contributed by atoms with van der Waals surface area (Å²) < 4.78 is 1.75. The molecule has 2 saturated heterocycles. The summed E-state index contributed by atoms with van der Waals surface area (Å²) in [7, 11) is 4.03. The average molecular weight is 248 g/mol. The van der Waals surface area contributed by atoms with Gasteiger partial charge in [-0.25, -0.2) is 0 Å². The van der Waals surface area contributed by atoms with Crippen molar-refractivity contribution in [2.45, 2.75) is 31.3 Å². The Hall–Kier alpha value is -1.36. The smallest absolute Gasteiger partial charge is 0.227 e. The van der Waals surface area contributed by atoms with E-state index >= 15 is 0 Å². The van der Waals surface area contributed by atoms with Crippen molar-refractivity contribution in [1.29, 1.82) is 0 Å². The highest BCUT2D eigenvalue weighted by Gasteiger charge is 2.41. The molecule has 0 aromatic carbocycles. The predicted molar refractivity (Wildman–Crippen MR) is 68.1 cm³/mol. The second-order valence-corrected chi connectivity index (χ2v) is 5.61. The number of likely N-dealkylation sites (tertiary alicyclic amines) is 1. The maximum atomic E-state index is 12.4. The molecular weight excluding hydrogens is 228 g/mol. The molecule has 98 valence electrons. The van der Waals surface area contributed by atoms with Crippen LogP contribution in [-0.4, -0.2) is 57.7 Å². The maximum Gasteiger partial charge on any atom is 0.227 e. The number of fused-ring (bicyclic) bond motifs is 2. The maximum absolute atomic E-state index is 12.4. The summed E-state index contributed by atoms with van der Waals surface area (Å²) in [6, 6.07) is 0.857. The number of carbonyl (C=O) groups is 1. The lowest BCUT2D eigenvalue weighted by atomic mass is 10.1. The molecule has 1 aromatic heterocycles. The van der Waals surface area contributed by atoms with E-state index in [0.717, 1.165) is 31.5 Å². The van der Waals surface area contributed by atoms with Gasteiger partial charge in [-0.15, -0.1) is 0 Å². The first-order valence-corrected chi connectivity index (χ1v) is 6.60. The Labute approximate surface area is 107 Å². The Morgan fingerprint density at radius 1 is 1.33 bits per heavy atom. The first kappa shape index (κ1) is 11.7. The summed E-state index contributed by atoms with van der Waals surface area (Å²) in [5, 5.41) is 4.12. The summed E-state index contributed by atoms with van der Waals surface area (Å²) in [5.41, 5.74) is 1.01. The van der Waals surface area contributed by atoms with E-state index in [1.165, 1.54) is 0 Å². The number of rotatable bonds is 2. The largest absolute Gasteiger partial charge is 0.334 e. The molecule has 0 saturated carbocycles. The van der Waals surface area contributed by atoms with Crippen molar-refractivity contribution in [2.24, 2.45) is 7.05 Å². The molecule has 5 nitrogen and oxygen atoms in total. The van der Waals surface area contributed by atoms with E-state index in [-0.39, 0.29) is 5.91 Å². The minimum Gasteiger partial charge on any atom is -0.334 e. The molecule has 5 heteroatoms. The molecule has 0 spiro atoms. The molecule has 2 atom stereocenters. The normalized spacial score (nSPS) is 27.8. The van der Waals surface area contributed by atoms with Crippen LogP contribution >= 0.6 is 0 Å². The first-order valence-electron chi connectivity index (χ1n) is 6.60. The van der Waals surface area contributed by atoms with E-state index in [2.05, 4.69) is 21.9 Å². The fraction of sp³-hybridized carbons (Fsp3) is 0.692. The molecule has 18 heavy (non-hydrogen) atoms. The molecule has 2 fully saturated rings. The topological polar surface area (TPSA) is 41.4 Å². The molecular formula is C13H20N4O. The third-order valence-electron chi connectivity index (χ3n) is 4.07. The summed E-state index contributed by atoms with van der Waals surface area (Å²) in [5.74, 6) is 0.267. The van der Waals surface area contributed by atoms with Crippen LogP contribution in [0.2, 0.25) is 0 Å². The Bertz CT molecular complexity index is 442. The molecule has 0 aliphatic carbocycles. The third-order valence-corrected chi connectivity index (χ3v) is 4.07. The molecule has 3 rings (SSSR count). The van der Waals surface area contributed by atoms with E-state index in [9.17, 15) is 4.79 Å². The number of aromatic nitrogens is 2. The van der Waals surface area contributed by atoms with Gasteiger partial charge in [0.2, 0.25) is 5.91 Å². The Morgan fingerprint density at radius 2 is 2.00 bits per heavy atom. The number of amides is 1. The molecule has 0 N–H and O–H groups in total. The van der Waals surface area contributed by atoms with Gasteiger partial charge in [0.1, 0.15) is 0 Å². The summed E-state index contributed by atoms with van der Waals surface area (Å²) in [6.45, 7) is 2.05. The van der Waals surface area contributed by atoms with Crippen LogP contribution in [0.5, 0.6) is 0 Å². The van der Waals surface area contributed by atoms with Crippen LogP contribution in [0.3, 0.4) is 0 Å². The highest BCUT2D eigenvalue weighted by atomic mass is 16.2. The first-order chi connectivity index (χ1) is 8.63. The lowest BCUT2D eigenvalue weighted by molar-refractivity contribution is -0.135. The number of piperazine rings is 1. The lowest BCUT2D eigenvalue weighted by Crippen LogP contribution is -2.54. The third kappa shape index (κ3) is 2.03. The van der Waals surface area contributed by atoms with Gasteiger partial charge in [-0.1, -0.05) is 0 Å². The molecule has 0 radical (unpaired) electrons. The predicted octanol–water partition coefficient (Wildman–Crippen LogP) is 0.268. The van der Waals surface area contributed by atoms with Crippen LogP contribution in [-0.2, 0) is 18.3 Å². The van der Waals surface area contributed by atoms with Crippen molar-refractivity contribution >= 4 is 5.91 Å². The molecule has 3 heterocycles. The zero-order chi connectivity index (χ0) is 12.7. The van der Waals surface area contributed by atoms with Crippen molar-refractivity contribution in [3.8, 4) is 0 Å². The van der Waals surface area contributed by atoms with Crippen LogP contribution < -0.4 is 0 Å². The van der Waals surface area contributed by atoms with E-state index < -0.39 is 0 Å². The Kier molecular flexibility index (Phi) is 2.86. The van der Waals surface area contributed by atoms with Gasteiger partial charge in [-0.2, -0.15) is 5.10 Å². The van der Waals surface area contributed by atoms with Crippen LogP contribution in [0, 0.1) is 0 Å². The molecule has 2 aliphatic heterocycles. The average Bonchev–Trinajstić information content (AvgIpc) is 2.81.